The van der Waals surface area contributed by atoms with Crippen molar-refractivity contribution in [3.05, 3.63) is 83.9 Å². The number of hydrogen-bond acceptors (Lipinski definition) is 1. The van der Waals surface area contributed by atoms with Crippen LogP contribution in [0.4, 0.5) is 0 Å². The summed E-state index contributed by atoms with van der Waals surface area (Å²) in [6.45, 7) is 2.07. The Labute approximate surface area is 119 Å². The van der Waals surface area contributed by atoms with E-state index in [1.807, 2.05) is 42.5 Å². The van der Waals surface area contributed by atoms with Crippen LogP contribution < -0.4 is 0 Å². The lowest BCUT2D eigenvalue weighted by atomic mass is 9.88. The van der Waals surface area contributed by atoms with Crippen LogP contribution in [0.25, 0.3) is 10.8 Å². The molecule has 3 aromatic rings. The maximum absolute atomic E-state index is 10.7. The van der Waals surface area contributed by atoms with Gasteiger partial charge in [-0.3, -0.25) is 0 Å². The molecular formula is C19H18O. The molecule has 0 saturated carbocycles. The quantitative estimate of drug-likeness (QED) is 0.726. The summed E-state index contributed by atoms with van der Waals surface area (Å²) in [4.78, 5) is 0. The van der Waals surface area contributed by atoms with Gasteiger partial charge < -0.3 is 5.11 Å². The van der Waals surface area contributed by atoms with E-state index in [-0.39, 0.29) is 5.92 Å². The number of aliphatic hydroxyl groups excluding tert-OH is 1. The molecule has 1 nitrogen and oxygen atoms in total. The van der Waals surface area contributed by atoms with Crippen molar-refractivity contribution in [2.45, 2.75) is 18.9 Å². The molecule has 1 N–H and O–H groups in total. The second kappa shape index (κ2) is 5.48. The molecule has 100 valence electrons. The monoisotopic (exact) mass is 262 g/mol. The van der Waals surface area contributed by atoms with Crippen LogP contribution in [-0.4, -0.2) is 5.11 Å². The number of fused-ring (bicyclic) bond motifs is 1. The fourth-order valence-electron chi connectivity index (χ4n) is 2.72. The van der Waals surface area contributed by atoms with Gasteiger partial charge in [-0.15, -0.1) is 0 Å². The molecule has 0 bridgehead atoms. The van der Waals surface area contributed by atoms with Crippen LogP contribution in [0.1, 0.15) is 30.1 Å². The lowest BCUT2D eigenvalue weighted by Gasteiger charge is -2.21. The van der Waals surface area contributed by atoms with Gasteiger partial charge in [0.05, 0.1) is 6.10 Å². The van der Waals surface area contributed by atoms with E-state index in [0.29, 0.717) is 0 Å². The Bertz CT molecular complexity index is 698. The molecule has 0 aliphatic heterocycles. The van der Waals surface area contributed by atoms with Gasteiger partial charge in [-0.2, -0.15) is 0 Å². The minimum Gasteiger partial charge on any atom is -0.388 e. The summed E-state index contributed by atoms with van der Waals surface area (Å²) in [5, 5.41) is 13.0. The lowest BCUT2D eigenvalue weighted by molar-refractivity contribution is 0.153. The predicted molar refractivity (Wildman–Crippen MR) is 83.8 cm³/mol. The third-order valence-electron chi connectivity index (χ3n) is 3.94. The first-order valence-corrected chi connectivity index (χ1v) is 6.98. The summed E-state index contributed by atoms with van der Waals surface area (Å²) >= 11 is 0. The Morgan fingerprint density at radius 1 is 0.750 bits per heavy atom. The standard InChI is InChI=1S/C19H18O/c1-14(15-8-3-2-4-9-15)19(20)18-13-7-11-16-10-5-6-12-17(16)18/h2-14,19-20H,1H3. The van der Waals surface area contributed by atoms with Gasteiger partial charge >= 0.3 is 0 Å². The summed E-state index contributed by atoms with van der Waals surface area (Å²) in [7, 11) is 0. The van der Waals surface area contributed by atoms with E-state index in [1.54, 1.807) is 0 Å². The van der Waals surface area contributed by atoms with E-state index in [4.69, 9.17) is 0 Å². The minimum atomic E-state index is -0.497. The highest BCUT2D eigenvalue weighted by Gasteiger charge is 2.19. The highest BCUT2D eigenvalue weighted by atomic mass is 16.3. The molecule has 2 unspecified atom stereocenters. The number of rotatable bonds is 3. The first kappa shape index (κ1) is 12.9. The fraction of sp³-hybridized carbons (Fsp3) is 0.158. The molecule has 0 fully saturated rings. The van der Waals surface area contributed by atoms with Crippen LogP contribution in [0.5, 0.6) is 0 Å². The van der Waals surface area contributed by atoms with E-state index < -0.39 is 6.10 Å². The molecule has 0 radical (unpaired) electrons. The van der Waals surface area contributed by atoms with Crippen molar-refractivity contribution in [3.8, 4) is 0 Å². The van der Waals surface area contributed by atoms with E-state index in [1.165, 1.54) is 5.39 Å². The lowest BCUT2D eigenvalue weighted by Crippen LogP contribution is -2.08. The van der Waals surface area contributed by atoms with E-state index in [0.717, 1.165) is 16.5 Å². The molecule has 3 rings (SSSR count). The molecule has 3 aromatic carbocycles. The van der Waals surface area contributed by atoms with Crippen molar-refractivity contribution in [3.63, 3.8) is 0 Å². The molecule has 0 aromatic heterocycles. The Morgan fingerprint density at radius 3 is 2.20 bits per heavy atom. The summed E-state index contributed by atoms with van der Waals surface area (Å²) in [6.07, 6.45) is -0.497. The molecule has 20 heavy (non-hydrogen) atoms. The van der Waals surface area contributed by atoms with Crippen molar-refractivity contribution in [1.29, 1.82) is 0 Å². The first-order chi connectivity index (χ1) is 9.77. The average molecular weight is 262 g/mol. The van der Waals surface area contributed by atoms with E-state index in [9.17, 15) is 5.11 Å². The predicted octanol–water partition coefficient (Wildman–Crippen LogP) is 4.68. The zero-order valence-electron chi connectivity index (χ0n) is 11.5. The van der Waals surface area contributed by atoms with Gasteiger partial charge in [-0.05, 0) is 21.9 Å². The Hall–Kier alpha value is -2.12. The molecule has 1 heteroatoms. The number of aliphatic hydroxyl groups is 1. The molecular weight excluding hydrogens is 244 g/mol. The van der Waals surface area contributed by atoms with Gasteiger partial charge in [0.15, 0.2) is 0 Å². The maximum Gasteiger partial charge on any atom is 0.0861 e. The average Bonchev–Trinajstić information content (AvgIpc) is 2.54. The summed E-state index contributed by atoms with van der Waals surface area (Å²) in [5.41, 5.74) is 2.16. The Morgan fingerprint density at radius 2 is 1.40 bits per heavy atom. The SMILES string of the molecule is CC(c1ccccc1)C(O)c1cccc2ccccc12. The van der Waals surface area contributed by atoms with Crippen LogP contribution in [0.2, 0.25) is 0 Å². The van der Waals surface area contributed by atoms with Gasteiger partial charge in [0.1, 0.15) is 0 Å². The van der Waals surface area contributed by atoms with Gasteiger partial charge in [0.25, 0.3) is 0 Å². The van der Waals surface area contributed by atoms with Crippen LogP contribution >= 0.6 is 0 Å². The topological polar surface area (TPSA) is 20.2 Å². The summed E-state index contributed by atoms with van der Waals surface area (Å²) < 4.78 is 0. The molecule has 0 aliphatic carbocycles. The van der Waals surface area contributed by atoms with Gasteiger partial charge in [-0.1, -0.05) is 79.7 Å². The first-order valence-electron chi connectivity index (χ1n) is 6.98. The van der Waals surface area contributed by atoms with E-state index in [2.05, 4.69) is 37.3 Å². The van der Waals surface area contributed by atoms with Crippen molar-refractivity contribution < 1.29 is 5.11 Å². The van der Waals surface area contributed by atoms with Gasteiger partial charge in [0, 0.05) is 5.92 Å². The highest BCUT2D eigenvalue weighted by Crippen LogP contribution is 2.34. The fourth-order valence-corrected chi connectivity index (χ4v) is 2.72. The molecule has 0 heterocycles. The summed E-state index contributed by atoms with van der Waals surface area (Å²) in [5.74, 6) is 0.0713. The Balaban J connectivity index is 2.03. The molecule has 0 saturated heterocycles. The summed E-state index contributed by atoms with van der Waals surface area (Å²) in [6, 6.07) is 24.5. The van der Waals surface area contributed by atoms with Crippen molar-refractivity contribution in [2.75, 3.05) is 0 Å². The van der Waals surface area contributed by atoms with Gasteiger partial charge in [-0.25, -0.2) is 0 Å². The molecule has 0 spiro atoms. The zero-order chi connectivity index (χ0) is 13.9. The molecule has 0 amide bonds. The largest absolute Gasteiger partial charge is 0.388 e. The Kier molecular flexibility index (Phi) is 3.53. The van der Waals surface area contributed by atoms with Crippen LogP contribution in [0.15, 0.2) is 72.8 Å². The van der Waals surface area contributed by atoms with Crippen molar-refractivity contribution in [1.82, 2.24) is 0 Å². The third kappa shape index (κ3) is 2.33. The highest BCUT2D eigenvalue weighted by molar-refractivity contribution is 5.86. The maximum atomic E-state index is 10.7. The van der Waals surface area contributed by atoms with Crippen molar-refractivity contribution >= 4 is 10.8 Å². The number of hydrogen-bond donors (Lipinski definition) is 1. The van der Waals surface area contributed by atoms with E-state index >= 15 is 0 Å². The molecule has 0 aliphatic rings. The van der Waals surface area contributed by atoms with Crippen molar-refractivity contribution in [2.24, 2.45) is 0 Å². The second-order valence-corrected chi connectivity index (χ2v) is 5.21. The smallest absolute Gasteiger partial charge is 0.0861 e. The normalized spacial score (nSPS) is 14.1. The van der Waals surface area contributed by atoms with Crippen LogP contribution in [-0.2, 0) is 0 Å². The third-order valence-corrected chi connectivity index (χ3v) is 3.94. The van der Waals surface area contributed by atoms with Crippen LogP contribution in [0.3, 0.4) is 0 Å². The van der Waals surface area contributed by atoms with Crippen LogP contribution in [0, 0.1) is 0 Å². The van der Waals surface area contributed by atoms with Gasteiger partial charge in [0.2, 0.25) is 0 Å². The second-order valence-electron chi connectivity index (χ2n) is 5.21. The zero-order valence-corrected chi connectivity index (χ0v) is 11.5. The molecule has 2 atom stereocenters. The minimum absolute atomic E-state index is 0.0713. The number of benzene rings is 3.